The average molecular weight is 232 g/mol. The van der Waals surface area contributed by atoms with Crippen LogP contribution in [0.1, 0.15) is 19.5 Å². The molecule has 6 heteroatoms. The summed E-state index contributed by atoms with van der Waals surface area (Å²) in [6.45, 7) is 5.59. The zero-order valence-electron chi connectivity index (χ0n) is 9.33. The third kappa shape index (κ3) is 5.23. The lowest BCUT2D eigenvalue weighted by Crippen LogP contribution is -1.98. The minimum absolute atomic E-state index is 0.0301. The van der Waals surface area contributed by atoms with Gasteiger partial charge in [0.25, 0.3) is 12.4 Å². The van der Waals surface area contributed by atoms with Crippen molar-refractivity contribution in [2.45, 2.75) is 26.9 Å². The third-order valence-electron chi connectivity index (χ3n) is 1.40. The first-order valence-electron chi connectivity index (χ1n) is 4.55. The van der Waals surface area contributed by atoms with Crippen molar-refractivity contribution < 1.29 is 18.3 Å². The quantitative estimate of drug-likeness (QED) is 0.624. The Morgan fingerprint density at radius 3 is 2.38 bits per heavy atom. The molecule has 0 saturated carbocycles. The minimum atomic E-state index is -1.14. The summed E-state index contributed by atoms with van der Waals surface area (Å²) in [4.78, 5) is 12.6. The Morgan fingerprint density at radius 1 is 1.50 bits per heavy atom. The molecule has 1 aromatic heterocycles. The summed E-state index contributed by atoms with van der Waals surface area (Å²) in [6.07, 6.45) is 0.0301. The third-order valence-corrected chi connectivity index (χ3v) is 1.40. The summed E-state index contributed by atoms with van der Waals surface area (Å²) in [5.41, 5.74) is 5.23. The SMILES string of the molecule is CC(C)OC=O.Cc1cc(N)c(F)c(F)n1. The van der Waals surface area contributed by atoms with Crippen LogP contribution < -0.4 is 5.73 Å². The maximum absolute atomic E-state index is 12.3. The molecule has 0 fully saturated rings. The van der Waals surface area contributed by atoms with Crippen LogP contribution in [-0.2, 0) is 9.53 Å². The van der Waals surface area contributed by atoms with Crippen molar-refractivity contribution in [3.05, 3.63) is 23.5 Å². The summed E-state index contributed by atoms with van der Waals surface area (Å²) in [5, 5.41) is 0. The normalized spacial score (nSPS) is 9.38. The summed E-state index contributed by atoms with van der Waals surface area (Å²) >= 11 is 0. The Kier molecular flexibility index (Phi) is 5.99. The van der Waals surface area contributed by atoms with Crippen molar-refractivity contribution in [2.24, 2.45) is 0 Å². The van der Waals surface area contributed by atoms with Crippen LogP contribution in [0.25, 0.3) is 0 Å². The number of nitrogens with zero attached hydrogens (tertiary/aromatic N) is 1. The number of aromatic nitrogens is 1. The number of aryl methyl sites for hydroxylation is 1. The maximum Gasteiger partial charge on any atom is 0.293 e. The van der Waals surface area contributed by atoms with E-state index in [1.54, 1.807) is 20.8 Å². The molecule has 16 heavy (non-hydrogen) atoms. The molecule has 0 radical (unpaired) electrons. The largest absolute Gasteiger partial charge is 0.465 e. The van der Waals surface area contributed by atoms with Gasteiger partial charge in [-0.05, 0) is 26.8 Å². The molecule has 0 bridgehead atoms. The van der Waals surface area contributed by atoms with Crippen LogP contribution in [0, 0.1) is 18.7 Å². The van der Waals surface area contributed by atoms with E-state index in [1.807, 2.05) is 0 Å². The number of nitrogens with two attached hydrogens (primary N) is 1. The molecule has 0 amide bonds. The molecule has 2 N–H and O–H groups in total. The van der Waals surface area contributed by atoms with Crippen molar-refractivity contribution in [3.63, 3.8) is 0 Å². The number of ether oxygens (including phenoxy) is 1. The van der Waals surface area contributed by atoms with E-state index in [1.165, 1.54) is 6.07 Å². The molecule has 0 aliphatic rings. The van der Waals surface area contributed by atoms with Gasteiger partial charge in [0, 0.05) is 5.69 Å². The molecular weight excluding hydrogens is 218 g/mol. The number of halogens is 2. The average Bonchev–Trinajstić information content (AvgIpc) is 2.14. The first kappa shape index (κ1) is 14.3. The fourth-order valence-electron chi connectivity index (χ4n) is 0.755. The Balaban J connectivity index is 0.000000325. The van der Waals surface area contributed by atoms with Crippen molar-refractivity contribution in [1.82, 2.24) is 4.98 Å². The Labute approximate surface area is 92.4 Å². The summed E-state index contributed by atoms with van der Waals surface area (Å²) in [5.74, 6) is -2.22. The molecule has 0 unspecified atom stereocenters. The molecule has 0 spiro atoms. The van der Waals surface area contributed by atoms with Gasteiger partial charge in [0.2, 0.25) is 5.82 Å². The van der Waals surface area contributed by atoms with E-state index in [9.17, 15) is 13.6 Å². The standard InChI is InChI=1S/C6H6F2N2.C4H8O2/c1-3-2-4(9)5(7)6(8)10-3;1-4(2)6-3-5/h2H,1H3,(H2,9,10);3-4H,1-2H3. The first-order chi connectivity index (χ1) is 7.38. The topological polar surface area (TPSA) is 65.2 Å². The lowest BCUT2D eigenvalue weighted by Gasteiger charge is -1.97. The number of carbonyl (C=O) groups is 1. The van der Waals surface area contributed by atoms with Crippen LogP contribution in [0.4, 0.5) is 14.5 Å². The van der Waals surface area contributed by atoms with Crippen LogP contribution in [0.3, 0.4) is 0 Å². The maximum atomic E-state index is 12.3. The molecular formula is C10H14F2N2O2. The Hall–Kier alpha value is -1.72. The number of rotatable bonds is 2. The van der Waals surface area contributed by atoms with E-state index >= 15 is 0 Å². The molecule has 0 aliphatic heterocycles. The molecule has 90 valence electrons. The first-order valence-corrected chi connectivity index (χ1v) is 4.55. The van der Waals surface area contributed by atoms with Crippen molar-refractivity contribution in [3.8, 4) is 0 Å². The van der Waals surface area contributed by atoms with Crippen molar-refractivity contribution >= 4 is 12.2 Å². The number of carbonyl (C=O) groups excluding carboxylic acids is 1. The molecule has 0 aliphatic carbocycles. The molecule has 1 heterocycles. The monoisotopic (exact) mass is 232 g/mol. The van der Waals surface area contributed by atoms with Crippen LogP contribution in [-0.4, -0.2) is 17.6 Å². The van der Waals surface area contributed by atoms with Crippen molar-refractivity contribution in [1.29, 1.82) is 0 Å². The molecule has 4 nitrogen and oxygen atoms in total. The number of anilines is 1. The molecule has 0 aromatic carbocycles. The van der Waals surface area contributed by atoms with Gasteiger partial charge in [-0.2, -0.15) is 8.78 Å². The van der Waals surface area contributed by atoms with Gasteiger partial charge in [0.15, 0.2) is 0 Å². The highest BCUT2D eigenvalue weighted by Gasteiger charge is 2.06. The molecule has 0 atom stereocenters. The zero-order valence-corrected chi connectivity index (χ0v) is 9.33. The highest BCUT2D eigenvalue weighted by molar-refractivity contribution is 5.39. The molecule has 1 rings (SSSR count). The van der Waals surface area contributed by atoms with E-state index < -0.39 is 11.8 Å². The van der Waals surface area contributed by atoms with Gasteiger partial charge in [-0.25, -0.2) is 4.98 Å². The van der Waals surface area contributed by atoms with Gasteiger partial charge in [0.05, 0.1) is 11.8 Å². The van der Waals surface area contributed by atoms with E-state index in [4.69, 9.17) is 5.73 Å². The Bertz CT molecular complexity index is 334. The lowest BCUT2D eigenvalue weighted by molar-refractivity contribution is -0.131. The second-order valence-electron chi connectivity index (χ2n) is 3.24. The van der Waals surface area contributed by atoms with E-state index in [2.05, 4.69) is 9.72 Å². The van der Waals surface area contributed by atoms with E-state index in [0.717, 1.165) is 0 Å². The van der Waals surface area contributed by atoms with Crippen LogP contribution >= 0.6 is 0 Å². The van der Waals surface area contributed by atoms with Crippen molar-refractivity contribution in [2.75, 3.05) is 5.73 Å². The second-order valence-corrected chi connectivity index (χ2v) is 3.24. The highest BCUT2D eigenvalue weighted by Crippen LogP contribution is 2.12. The fraction of sp³-hybridized carbons (Fsp3) is 0.400. The molecule has 0 saturated heterocycles. The Morgan fingerprint density at radius 2 is 2.06 bits per heavy atom. The second kappa shape index (κ2) is 6.71. The number of pyridine rings is 1. The smallest absolute Gasteiger partial charge is 0.293 e. The summed E-state index contributed by atoms with van der Waals surface area (Å²) in [6, 6.07) is 1.28. The van der Waals surface area contributed by atoms with E-state index in [-0.39, 0.29) is 11.8 Å². The predicted molar refractivity (Wildman–Crippen MR) is 55.6 cm³/mol. The molecule has 1 aromatic rings. The van der Waals surface area contributed by atoms with Crippen LogP contribution in [0.15, 0.2) is 6.07 Å². The van der Waals surface area contributed by atoms with Gasteiger partial charge < -0.3 is 10.5 Å². The van der Waals surface area contributed by atoms with E-state index in [0.29, 0.717) is 12.2 Å². The van der Waals surface area contributed by atoms with Gasteiger partial charge >= 0.3 is 0 Å². The number of nitrogen functional groups attached to an aromatic ring is 1. The summed E-state index contributed by atoms with van der Waals surface area (Å²) < 4.78 is 29.0. The predicted octanol–water partition coefficient (Wildman–Crippen LogP) is 1.82. The summed E-state index contributed by atoms with van der Waals surface area (Å²) in [7, 11) is 0. The number of hydrogen-bond donors (Lipinski definition) is 1. The van der Waals surface area contributed by atoms with Gasteiger partial charge in [-0.3, -0.25) is 4.79 Å². The number of hydrogen-bond acceptors (Lipinski definition) is 4. The minimum Gasteiger partial charge on any atom is -0.465 e. The van der Waals surface area contributed by atoms with Crippen LogP contribution in [0.2, 0.25) is 0 Å². The van der Waals surface area contributed by atoms with Gasteiger partial charge in [0.1, 0.15) is 0 Å². The highest BCUT2D eigenvalue weighted by atomic mass is 19.2. The van der Waals surface area contributed by atoms with Gasteiger partial charge in [-0.1, -0.05) is 0 Å². The zero-order chi connectivity index (χ0) is 12.7. The van der Waals surface area contributed by atoms with Crippen LogP contribution in [0.5, 0.6) is 0 Å². The lowest BCUT2D eigenvalue weighted by atomic mass is 10.3. The van der Waals surface area contributed by atoms with Gasteiger partial charge in [-0.15, -0.1) is 0 Å². The fourth-order valence-corrected chi connectivity index (χ4v) is 0.755.